The summed E-state index contributed by atoms with van der Waals surface area (Å²) in [6, 6.07) is 5.99. The maximum atomic E-state index is 12.3. The lowest BCUT2D eigenvalue weighted by molar-refractivity contribution is -0.124. The zero-order valence-corrected chi connectivity index (χ0v) is 10.8. The molecule has 1 amide bonds. The van der Waals surface area contributed by atoms with Crippen molar-refractivity contribution >= 4 is 11.6 Å². The number of ether oxygens (including phenoxy) is 2. The first kappa shape index (κ1) is 14.7. The third-order valence-corrected chi connectivity index (χ3v) is 3.19. The summed E-state index contributed by atoms with van der Waals surface area (Å²) in [4.78, 5) is 12.2. The first-order valence-electron chi connectivity index (χ1n) is 6.23. The molecular weight excluding hydrogens is 270 g/mol. The standard InChI is InChI=1S/C13H16F2N2O3/c14-12(15)20-10-4-2-1-3-9(10)17-11(18)13(16)5-7-19-8-6-13/h1-4,12H,5-8,16H2,(H,17,18). The van der Waals surface area contributed by atoms with Crippen molar-refractivity contribution < 1.29 is 23.0 Å². The Morgan fingerprint density at radius 1 is 1.35 bits per heavy atom. The van der Waals surface area contributed by atoms with Crippen molar-refractivity contribution in [3.05, 3.63) is 24.3 Å². The van der Waals surface area contributed by atoms with E-state index in [9.17, 15) is 13.6 Å². The van der Waals surface area contributed by atoms with E-state index in [0.717, 1.165) is 0 Å². The summed E-state index contributed by atoms with van der Waals surface area (Å²) in [5.41, 5.74) is 5.15. The largest absolute Gasteiger partial charge is 0.433 e. The van der Waals surface area contributed by atoms with Crippen LogP contribution in [0.2, 0.25) is 0 Å². The van der Waals surface area contributed by atoms with Gasteiger partial charge in [-0.25, -0.2) is 0 Å². The highest BCUT2D eigenvalue weighted by molar-refractivity contribution is 5.99. The molecule has 0 saturated carbocycles. The molecule has 1 aliphatic heterocycles. The highest BCUT2D eigenvalue weighted by Gasteiger charge is 2.36. The zero-order chi connectivity index (χ0) is 14.6. The van der Waals surface area contributed by atoms with Crippen LogP contribution in [0.15, 0.2) is 24.3 Å². The summed E-state index contributed by atoms with van der Waals surface area (Å²) in [5, 5.41) is 2.55. The first-order valence-corrected chi connectivity index (χ1v) is 6.23. The Bertz CT molecular complexity index is 476. The Balaban J connectivity index is 2.11. The first-order chi connectivity index (χ1) is 9.51. The summed E-state index contributed by atoms with van der Waals surface area (Å²) in [6.07, 6.45) is 0.771. The van der Waals surface area contributed by atoms with Crippen molar-refractivity contribution in [2.75, 3.05) is 18.5 Å². The van der Waals surface area contributed by atoms with Gasteiger partial charge in [-0.3, -0.25) is 4.79 Å². The number of hydrogen-bond acceptors (Lipinski definition) is 4. The highest BCUT2D eigenvalue weighted by Crippen LogP contribution is 2.27. The van der Waals surface area contributed by atoms with Gasteiger partial charge in [0, 0.05) is 13.2 Å². The third-order valence-electron chi connectivity index (χ3n) is 3.19. The van der Waals surface area contributed by atoms with E-state index in [4.69, 9.17) is 10.5 Å². The van der Waals surface area contributed by atoms with Gasteiger partial charge in [-0.2, -0.15) is 8.78 Å². The smallest absolute Gasteiger partial charge is 0.387 e. The molecule has 0 aliphatic carbocycles. The predicted octanol–water partition coefficient (Wildman–Crippen LogP) is 1.73. The lowest BCUT2D eigenvalue weighted by Crippen LogP contribution is -2.54. The second-order valence-corrected chi connectivity index (χ2v) is 4.60. The maximum absolute atomic E-state index is 12.3. The van der Waals surface area contributed by atoms with E-state index in [1.165, 1.54) is 12.1 Å². The Kier molecular flexibility index (Phi) is 4.51. The summed E-state index contributed by atoms with van der Waals surface area (Å²) < 4.78 is 34.1. The van der Waals surface area contributed by atoms with Crippen LogP contribution in [-0.2, 0) is 9.53 Å². The van der Waals surface area contributed by atoms with Crippen LogP contribution in [0.5, 0.6) is 5.75 Å². The van der Waals surface area contributed by atoms with Crippen molar-refractivity contribution in [1.29, 1.82) is 0 Å². The van der Waals surface area contributed by atoms with Gasteiger partial charge in [-0.15, -0.1) is 0 Å². The van der Waals surface area contributed by atoms with Crippen LogP contribution in [0, 0.1) is 0 Å². The maximum Gasteiger partial charge on any atom is 0.387 e. The SMILES string of the molecule is NC1(C(=O)Nc2ccccc2OC(F)F)CCOCC1. The van der Waals surface area contributed by atoms with Crippen molar-refractivity contribution in [1.82, 2.24) is 0 Å². The van der Waals surface area contributed by atoms with Gasteiger partial charge in [-0.05, 0) is 25.0 Å². The molecule has 110 valence electrons. The van der Waals surface area contributed by atoms with Gasteiger partial charge >= 0.3 is 6.61 Å². The summed E-state index contributed by atoms with van der Waals surface area (Å²) in [7, 11) is 0. The van der Waals surface area contributed by atoms with E-state index in [0.29, 0.717) is 26.1 Å². The zero-order valence-electron chi connectivity index (χ0n) is 10.8. The number of benzene rings is 1. The van der Waals surface area contributed by atoms with Crippen LogP contribution < -0.4 is 15.8 Å². The molecule has 7 heteroatoms. The van der Waals surface area contributed by atoms with Gasteiger partial charge in [0.1, 0.15) is 11.3 Å². The minimum absolute atomic E-state index is 0.0912. The van der Waals surface area contributed by atoms with Crippen LogP contribution in [0.1, 0.15) is 12.8 Å². The van der Waals surface area contributed by atoms with Crippen LogP contribution >= 0.6 is 0 Å². The van der Waals surface area contributed by atoms with Crippen molar-refractivity contribution in [3.63, 3.8) is 0 Å². The number of carbonyl (C=O) groups is 1. The van der Waals surface area contributed by atoms with Gasteiger partial charge in [0.25, 0.3) is 0 Å². The molecule has 1 aromatic carbocycles. The van der Waals surface area contributed by atoms with Gasteiger partial charge in [-0.1, -0.05) is 12.1 Å². The molecule has 0 atom stereocenters. The number of halogens is 2. The average molecular weight is 286 g/mol. The van der Waals surface area contributed by atoms with Gasteiger partial charge in [0.05, 0.1) is 5.69 Å². The number of amides is 1. The number of anilines is 1. The molecule has 1 aliphatic rings. The molecule has 1 saturated heterocycles. The van der Waals surface area contributed by atoms with E-state index in [2.05, 4.69) is 10.1 Å². The predicted molar refractivity (Wildman–Crippen MR) is 68.7 cm³/mol. The van der Waals surface area contributed by atoms with E-state index in [1.807, 2.05) is 0 Å². The molecule has 0 radical (unpaired) electrons. The minimum atomic E-state index is -2.96. The fraction of sp³-hybridized carbons (Fsp3) is 0.462. The van der Waals surface area contributed by atoms with E-state index in [1.54, 1.807) is 12.1 Å². The number of nitrogens with one attached hydrogen (secondary N) is 1. The summed E-state index contributed by atoms with van der Waals surface area (Å²) in [6.45, 7) is -2.15. The Hall–Kier alpha value is -1.73. The molecule has 0 aromatic heterocycles. The Morgan fingerprint density at radius 2 is 2.00 bits per heavy atom. The Labute approximate surface area is 115 Å². The molecule has 0 unspecified atom stereocenters. The fourth-order valence-corrected chi connectivity index (χ4v) is 1.98. The van der Waals surface area contributed by atoms with E-state index in [-0.39, 0.29) is 11.4 Å². The minimum Gasteiger partial charge on any atom is -0.433 e. The van der Waals surface area contributed by atoms with Crippen molar-refractivity contribution in [3.8, 4) is 5.75 Å². The van der Waals surface area contributed by atoms with Crippen molar-refractivity contribution in [2.24, 2.45) is 5.73 Å². The van der Waals surface area contributed by atoms with Crippen LogP contribution in [-0.4, -0.2) is 31.3 Å². The third kappa shape index (κ3) is 3.43. The number of carbonyl (C=O) groups excluding carboxylic acids is 1. The number of nitrogens with two attached hydrogens (primary N) is 1. The van der Waals surface area contributed by atoms with E-state index < -0.39 is 18.1 Å². The van der Waals surface area contributed by atoms with Crippen molar-refractivity contribution in [2.45, 2.75) is 25.0 Å². The van der Waals surface area contributed by atoms with Gasteiger partial charge in [0.15, 0.2) is 0 Å². The molecule has 0 spiro atoms. The van der Waals surface area contributed by atoms with Gasteiger partial charge in [0.2, 0.25) is 5.91 Å². The molecule has 0 bridgehead atoms. The molecule has 20 heavy (non-hydrogen) atoms. The number of alkyl halides is 2. The second kappa shape index (κ2) is 6.15. The molecule has 1 heterocycles. The molecule has 5 nitrogen and oxygen atoms in total. The average Bonchev–Trinajstić information content (AvgIpc) is 2.41. The number of rotatable bonds is 4. The molecular formula is C13H16F2N2O3. The summed E-state index contributed by atoms with van der Waals surface area (Å²) in [5.74, 6) is -0.516. The molecule has 1 aromatic rings. The number of para-hydroxylation sites is 2. The molecule has 1 fully saturated rings. The van der Waals surface area contributed by atoms with E-state index >= 15 is 0 Å². The number of hydrogen-bond donors (Lipinski definition) is 2. The lowest BCUT2D eigenvalue weighted by Gasteiger charge is -2.31. The summed E-state index contributed by atoms with van der Waals surface area (Å²) >= 11 is 0. The Morgan fingerprint density at radius 3 is 2.65 bits per heavy atom. The van der Waals surface area contributed by atoms with Crippen LogP contribution in [0.4, 0.5) is 14.5 Å². The normalized spacial score (nSPS) is 17.8. The van der Waals surface area contributed by atoms with Gasteiger partial charge < -0.3 is 20.5 Å². The van der Waals surface area contributed by atoms with Crippen LogP contribution in [0.25, 0.3) is 0 Å². The molecule has 3 N–H and O–H groups in total. The molecule has 2 rings (SSSR count). The fourth-order valence-electron chi connectivity index (χ4n) is 1.98. The second-order valence-electron chi connectivity index (χ2n) is 4.60. The monoisotopic (exact) mass is 286 g/mol. The quantitative estimate of drug-likeness (QED) is 0.884. The highest BCUT2D eigenvalue weighted by atomic mass is 19.3. The van der Waals surface area contributed by atoms with Crippen LogP contribution in [0.3, 0.4) is 0 Å². The lowest BCUT2D eigenvalue weighted by atomic mass is 9.90. The topological polar surface area (TPSA) is 73.6 Å².